The number of amides is 3. The highest BCUT2D eigenvalue weighted by Gasteiger charge is 2.26. The molecule has 13 heteroatoms. The Morgan fingerprint density at radius 3 is 2.29 bits per heavy atom. The molecule has 0 bridgehead atoms. The van der Waals surface area contributed by atoms with Crippen LogP contribution in [-0.2, 0) is 16.5 Å². The first-order valence-corrected chi connectivity index (χ1v) is 21.3. The number of nitrogens with zero attached hydrogens (tertiary/aromatic N) is 3. The van der Waals surface area contributed by atoms with Gasteiger partial charge in [0.25, 0.3) is 5.91 Å². The molecule has 0 saturated carbocycles. The molecule has 4 aromatic carbocycles. The third-order valence-corrected chi connectivity index (χ3v) is 11.3. The number of nitrogens with one attached hydrogen (secondary N) is 4. The van der Waals surface area contributed by atoms with E-state index in [2.05, 4.69) is 69.9 Å². The molecular weight excluding hydrogens is 725 g/mol. The first-order chi connectivity index (χ1) is 26.6. The van der Waals surface area contributed by atoms with Gasteiger partial charge >= 0.3 is 6.03 Å². The van der Waals surface area contributed by atoms with E-state index in [0.717, 1.165) is 60.3 Å². The number of hydrogen-bond acceptors (Lipinski definition) is 9. The third-order valence-electron chi connectivity index (χ3n) is 9.82. The molecule has 4 N–H and O–H groups in total. The number of aromatic nitrogens is 1. The minimum Gasteiger partial charge on any atom is -0.494 e. The lowest BCUT2D eigenvalue weighted by Crippen LogP contribution is -2.43. The van der Waals surface area contributed by atoms with E-state index in [4.69, 9.17) is 9.47 Å². The van der Waals surface area contributed by atoms with Crippen molar-refractivity contribution in [3.63, 3.8) is 0 Å². The van der Waals surface area contributed by atoms with Crippen LogP contribution in [0.5, 0.6) is 17.2 Å². The Balaban J connectivity index is 0.00000310. The smallest absolute Gasteiger partial charge is 0.323 e. The van der Waals surface area contributed by atoms with Crippen molar-refractivity contribution in [2.75, 3.05) is 76.7 Å². The van der Waals surface area contributed by atoms with E-state index >= 15 is 0 Å². The van der Waals surface area contributed by atoms with Gasteiger partial charge in [0.1, 0.15) is 24.5 Å². The molecule has 1 aliphatic rings. The molecule has 6 rings (SSSR count). The Morgan fingerprint density at radius 1 is 0.893 bits per heavy atom. The fourth-order valence-electron chi connectivity index (χ4n) is 6.71. The number of hydrogen-bond donors (Lipinski definition) is 4. The molecule has 0 radical (unpaired) electrons. The van der Waals surface area contributed by atoms with Gasteiger partial charge in [-0.3, -0.25) is 9.69 Å². The lowest BCUT2D eigenvalue weighted by atomic mass is 9.86. The second-order valence-corrected chi connectivity index (χ2v) is 18.8. The second-order valence-electron chi connectivity index (χ2n) is 15.6. The van der Waals surface area contributed by atoms with Crippen molar-refractivity contribution >= 4 is 58.0 Å². The summed E-state index contributed by atoms with van der Waals surface area (Å²) in [5.74, 6) is 1.92. The van der Waals surface area contributed by atoms with Gasteiger partial charge in [0.15, 0.2) is 5.75 Å². The molecule has 56 heavy (non-hydrogen) atoms. The number of ether oxygens (including phenoxy) is 2. The van der Waals surface area contributed by atoms with E-state index in [1.54, 1.807) is 44.8 Å². The van der Waals surface area contributed by atoms with Crippen molar-refractivity contribution in [3.05, 3.63) is 102 Å². The highest BCUT2D eigenvalue weighted by molar-refractivity contribution is 7.70. The van der Waals surface area contributed by atoms with Crippen molar-refractivity contribution < 1.29 is 29.3 Å². The molecule has 2 heterocycles. The van der Waals surface area contributed by atoms with Gasteiger partial charge in [-0.1, -0.05) is 45.0 Å². The lowest BCUT2D eigenvalue weighted by molar-refractivity contribution is 0.0962. The summed E-state index contributed by atoms with van der Waals surface area (Å²) >= 11 is 0. The number of anilines is 4. The average molecular weight is 786 g/mol. The summed E-state index contributed by atoms with van der Waals surface area (Å²) in [6.45, 7) is 14.3. The largest absolute Gasteiger partial charge is 0.494 e. The summed E-state index contributed by atoms with van der Waals surface area (Å²) in [6.07, 6.45) is 1.66. The SMILES string of the molecule is CNC(=O)c1cc(CN2CCN(C)CC2)cc(Nc2cc(Oc3ccc(NC(=O)Nc4cc(C(C)(C)C)cc(P(C)(C)=O)c4OC)c4ccccc34)ccn2)c1.[HH].[HH].[HH].[HH]. The lowest BCUT2D eigenvalue weighted by Gasteiger charge is -2.32. The first-order valence-electron chi connectivity index (χ1n) is 18.7. The second kappa shape index (κ2) is 16.8. The number of benzene rings is 4. The standard InChI is InChI=1S/C43H52N7O5P.4H2/c1-43(2,3)30-24-36(40(54-6)38(25-30)56(7,8)53)48-42(52)47-35-13-14-37(34-12-10-9-11-33(34)35)55-32-15-16-45-39(26-32)46-31-22-28(21-29(23-31)41(51)44-4)27-50-19-17-49(5)18-20-50;;;;/h9-16,21-26H,17-20,27H2,1-8H3,(H,44,51)(H,45,46)(H2,47,48,52);4*1H. The summed E-state index contributed by atoms with van der Waals surface area (Å²) in [7, 11) is 2.53. The summed E-state index contributed by atoms with van der Waals surface area (Å²) < 4.78 is 25.4. The molecule has 1 aliphatic heterocycles. The summed E-state index contributed by atoms with van der Waals surface area (Å²) in [6, 6.07) is 24.0. The molecule has 302 valence electrons. The molecule has 1 saturated heterocycles. The Labute approximate surface area is 335 Å². The fraction of sp³-hybridized carbons (Fsp3) is 0.326. The van der Waals surface area contributed by atoms with E-state index in [1.807, 2.05) is 54.6 Å². The molecule has 0 aliphatic carbocycles. The van der Waals surface area contributed by atoms with Crippen molar-refractivity contribution in [1.29, 1.82) is 0 Å². The minimum absolute atomic E-state index is 0. The maximum absolute atomic E-state index is 13.6. The average Bonchev–Trinajstić information content (AvgIpc) is 3.15. The first kappa shape index (κ1) is 40.2. The van der Waals surface area contributed by atoms with Gasteiger partial charge in [-0.25, -0.2) is 9.78 Å². The zero-order chi connectivity index (χ0) is 40.2. The molecule has 3 amide bonds. The highest BCUT2D eigenvalue weighted by Crippen LogP contribution is 2.43. The van der Waals surface area contributed by atoms with Crippen LogP contribution in [0.15, 0.2) is 85.1 Å². The zero-order valence-electron chi connectivity index (χ0n) is 33.4. The van der Waals surface area contributed by atoms with Gasteiger partial charge in [0, 0.05) is 79.8 Å². The minimum atomic E-state index is -2.75. The number of rotatable bonds is 11. The van der Waals surface area contributed by atoms with E-state index in [1.165, 1.54) is 7.11 Å². The summed E-state index contributed by atoms with van der Waals surface area (Å²) in [5.41, 5.74) is 4.04. The quantitative estimate of drug-likeness (QED) is 0.0967. The van der Waals surface area contributed by atoms with Gasteiger partial charge in [0.05, 0.1) is 23.8 Å². The fourth-order valence-corrected chi connectivity index (χ4v) is 7.86. The number of urea groups is 1. The van der Waals surface area contributed by atoms with Crippen LogP contribution in [0, 0.1) is 0 Å². The number of pyridine rings is 1. The Morgan fingerprint density at radius 2 is 1.61 bits per heavy atom. The highest BCUT2D eigenvalue weighted by atomic mass is 31.2. The van der Waals surface area contributed by atoms with Crippen LogP contribution < -0.4 is 36.0 Å². The molecule has 1 fully saturated rings. The number of fused-ring (bicyclic) bond motifs is 1. The van der Waals surface area contributed by atoms with Gasteiger partial charge in [-0.2, -0.15) is 0 Å². The van der Waals surface area contributed by atoms with Crippen molar-refractivity contribution in [3.8, 4) is 17.2 Å². The predicted molar refractivity (Wildman–Crippen MR) is 236 cm³/mol. The van der Waals surface area contributed by atoms with Crippen molar-refractivity contribution in [1.82, 2.24) is 20.1 Å². The summed E-state index contributed by atoms with van der Waals surface area (Å²) in [4.78, 5) is 35.5. The maximum atomic E-state index is 13.6. The number of methoxy groups -OCH3 is 1. The Hall–Kier alpha value is -5.42. The molecule has 1 aromatic heterocycles. The van der Waals surface area contributed by atoms with Crippen LogP contribution in [0.25, 0.3) is 10.8 Å². The van der Waals surface area contributed by atoms with Crippen LogP contribution in [0.3, 0.4) is 0 Å². The molecule has 0 atom stereocenters. The molecule has 0 unspecified atom stereocenters. The molecule has 0 spiro atoms. The normalized spacial score (nSPS) is 13.9. The third kappa shape index (κ3) is 9.68. The van der Waals surface area contributed by atoms with Crippen molar-refractivity contribution in [2.45, 2.75) is 32.7 Å². The van der Waals surface area contributed by atoms with Gasteiger partial charge in [-0.15, -0.1) is 0 Å². The number of likely N-dealkylation sites (N-methyl/N-ethyl adjacent to an activating group) is 1. The number of carbonyl (C=O) groups is 2. The van der Waals surface area contributed by atoms with Gasteiger partial charge in [-0.05, 0) is 85.5 Å². The molecule has 12 nitrogen and oxygen atoms in total. The zero-order valence-corrected chi connectivity index (χ0v) is 34.3. The van der Waals surface area contributed by atoms with E-state index in [-0.39, 0.29) is 17.0 Å². The van der Waals surface area contributed by atoms with Crippen LogP contribution in [-0.4, -0.2) is 87.4 Å². The van der Waals surface area contributed by atoms with E-state index in [0.29, 0.717) is 45.3 Å². The monoisotopic (exact) mass is 785 g/mol. The number of carbonyl (C=O) groups excluding carboxylic acids is 2. The van der Waals surface area contributed by atoms with Crippen LogP contribution in [0.2, 0.25) is 0 Å². The maximum Gasteiger partial charge on any atom is 0.323 e. The van der Waals surface area contributed by atoms with Crippen molar-refractivity contribution in [2.24, 2.45) is 0 Å². The van der Waals surface area contributed by atoms with Crippen LogP contribution in [0.1, 0.15) is 48.0 Å². The van der Waals surface area contributed by atoms with Crippen LogP contribution >= 0.6 is 7.14 Å². The molecular formula is C43H60N7O5P. The van der Waals surface area contributed by atoms with Gasteiger partial charge < -0.3 is 40.2 Å². The van der Waals surface area contributed by atoms with E-state index in [9.17, 15) is 14.2 Å². The summed E-state index contributed by atoms with van der Waals surface area (Å²) in [5, 5.41) is 14.2. The Kier molecular flexibility index (Phi) is 12.0. The molecule has 5 aromatic rings. The Bertz CT molecular complexity index is 2310. The van der Waals surface area contributed by atoms with E-state index < -0.39 is 13.2 Å². The van der Waals surface area contributed by atoms with Crippen LogP contribution in [0.4, 0.5) is 27.7 Å². The van der Waals surface area contributed by atoms with Gasteiger partial charge in [0.2, 0.25) is 0 Å². The number of piperazine rings is 1. The predicted octanol–water partition coefficient (Wildman–Crippen LogP) is 9.06. The topological polar surface area (TPSA) is 137 Å².